The highest BCUT2D eigenvalue weighted by Crippen LogP contribution is 2.21. The van der Waals surface area contributed by atoms with Crippen molar-refractivity contribution in [3.63, 3.8) is 0 Å². The van der Waals surface area contributed by atoms with Crippen molar-refractivity contribution in [1.29, 1.82) is 0 Å². The number of hydrogen-bond donors (Lipinski definition) is 2. The lowest BCUT2D eigenvalue weighted by Crippen LogP contribution is -2.45. The lowest BCUT2D eigenvalue weighted by Gasteiger charge is -2.23. The third kappa shape index (κ3) is 3.79. The maximum Gasteiger partial charge on any atom is 0.251 e. The van der Waals surface area contributed by atoms with Crippen molar-refractivity contribution in [2.75, 3.05) is 26.7 Å². The minimum absolute atomic E-state index is 0.0425. The number of nitrogens with zero attached hydrogens (tertiary/aromatic N) is 1. The highest BCUT2D eigenvalue weighted by Gasteiger charge is 2.29. The Labute approximate surface area is 143 Å². The smallest absolute Gasteiger partial charge is 0.251 e. The minimum Gasteiger partial charge on any atom is -0.369 e. The van der Waals surface area contributed by atoms with Crippen LogP contribution in [0.25, 0.3) is 10.9 Å². The van der Waals surface area contributed by atoms with Gasteiger partial charge in [0.1, 0.15) is 5.60 Å². The average Bonchev–Trinajstić information content (AvgIpc) is 3.18. The Kier molecular flexibility index (Phi) is 4.92. The number of H-pyrrole nitrogens is 1. The topological polar surface area (TPSA) is 57.4 Å². The summed E-state index contributed by atoms with van der Waals surface area (Å²) >= 11 is 0. The molecule has 24 heavy (non-hydrogen) atoms. The van der Waals surface area contributed by atoms with Crippen LogP contribution in [0.4, 0.5) is 0 Å². The predicted octanol–water partition coefficient (Wildman–Crippen LogP) is 2.53. The van der Waals surface area contributed by atoms with Crippen LogP contribution in [0, 0.1) is 5.92 Å². The third-order valence-electron chi connectivity index (χ3n) is 4.96. The second-order valence-electron chi connectivity index (χ2n) is 7.20. The van der Waals surface area contributed by atoms with Crippen LogP contribution < -0.4 is 5.32 Å². The summed E-state index contributed by atoms with van der Waals surface area (Å²) < 4.78 is 5.22. The van der Waals surface area contributed by atoms with E-state index in [9.17, 15) is 4.79 Å². The molecular formula is C19H27N3O2. The SMILES string of the molecule is COC(C)(C)C(=O)NCC1CCN(Cc2cc3ccccc3[nH]2)C1. The van der Waals surface area contributed by atoms with Crippen LogP contribution >= 0.6 is 0 Å². The molecule has 3 rings (SSSR count). The number of ether oxygens (including phenoxy) is 1. The van der Waals surface area contributed by atoms with Crippen molar-refractivity contribution in [2.45, 2.75) is 32.4 Å². The van der Waals surface area contributed by atoms with Crippen LogP contribution in [0.3, 0.4) is 0 Å². The van der Waals surface area contributed by atoms with Crippen molar-refractivity contribution in [3.8, 4) is 0 Å². The first-order valence-corrected chi connectivity index (χ1v) is 8.60. The Bertz CT molecular complexity index is 674. The van der Waals surface area contributed by atoms with Crippen LogP contribution in [0.2, 0.25) is 0 Å². The first-order valence-electron chi connectivity index (χ1n) is 8.60. The van der Waals surface area contributed by atoms with Crippen molar-refractivity contribution < 1.29 is 9.53 Å². The molecule has 0 aliphatic carbocycles. The van der Waals surface area contributed by atoms with Crippen molar-refractivity contribution in [1.82, 2.24) is 15.2 Å². The molecule has 1 aliphatic heterocycles. The Morgan fingerprint density at radius 2 is 2.21 bits per heavy atom. The zero-order valence-corrected chi connectivity index (χ0v) is 14.8. The molecule has 0 bridgehead atoms. The van der Waals surface area contributed by atoms with E-state index in [1.54, 1.807) is 21.0 Å². The molecule has 1 amide bonds. The Hall–Kier alpha value is -1.85. The number of likely N-dealkylation sites (tertiary alicyclic amines) is 1. The lowest BCUT2D eigenvalue weighted by molar-refractivity contribution is -0.139. The summed E-state index contributed by atoms with van der Waals surface area (Å²) in [6, 6.07) is 10.6. The summed E-state index contributed by atoms with van der Waals surface area (Å²) in [5, 5.41) is 4.28. The van der Waals surface area contributed by atoms with Gasteiger partial charge in [0.05, 0.1) is 0 Å². The predicted molar refractivity (Wildman–Crippen MR) is 95.8 cm³/mol. The number of methoxy groups -OCH3 is 1. The quantitative estimate of drug-likeness (QED) is 0.856. The van der Waals surface area contributed by atoms with Crippen LogP contribution in [0.1, 0.15) is 26.0 Å². The number of hydrogen-bond acceptors (Lipinski definition) is 3. The van der Waals surface area contributed by atoms with Crippen molar-refractivity contribution in [3.05, 3.63) is 36.0 Å². The maximum absolute atomic E-state index is 12.1. The molecule has 2 aromatic rings. The van der Waals surface area contributed by atoms with Gasteiger partial charge in [-0.2, -0.15) is 0 Å². The molecular weight excluding hydrogens is 302 g/mol. The van der Waals surface area contributed by atoms with Crippen LogP contribution in [0.5, 0.6) is 0 Å². The Balaban J connectivity index is 1.49. The monoisotopic (exact) mass is 329 g/mol. The fourth-order valence-electron chi connectivity index (χ4n) is 3.23. The molecule has 130 valence electrons. The third-order valence-corrected chi connectivity index (χ3v) is 4.96. The molecule has 1 aliphatic rings. The van der Waals surface area contributed by atoms with Crippen LogP contribution in [0.15, 0.2) is 30.3 Å². The standard InChI is InChI=1S/C19H27N3O2/c1-19(2,24-3)18(23)20-11-14-8-9-22(12-14)13-16-10-15-6-4-5-7-17(15)21-16/h4-7,10,14,21H,8-9,11-13H2,1-3H3,(H,20,23). The molecule has 5 nitrogen and oxygen atoms in total. The Morgan fingerprint density at radius 1 is 1.42 bits per heavy atom. The highest BCUT2D eigenvalue weighted by atomic mass is 16.5. The van der Waals surface area contributed by atoms with Crippen molar-refractivity contribution >= 4 is 16.8 Å². The number of benzene rings is 1. The van der Waals surface area contributed by atoms with Gasteiger partial charge in [0.25, 0.3) is 5.91 Å². The van der Waals surface area contributed by atoms with Crippen molar-refractivity contribution in [2.24, 2.45) is 5.92 Å². The van der Waals surface area contributed by atoms with E-state index in [0.717, 1.165) is 32.6 Å². The number of rotatable bonds is 6. The summed E-state index contributed by atoms with van der Waals surface area (Å²) in [7, 11) is 1.57. The molecule has 1 saturated heterocycles. The van der Waals surface area contributed by atoms with Gasteiger partial charge in [-0.1, -0.05) is 18.2 Å². The molecule has 0 radical (unpaired) electrons. The number of carbonyl (C=O) groups is 1. The molecule has 1 unspecified atom stereocenters. The van der Waals surface area contributed by atoms with Gasteiger partial charge in [-0.05, 0) is 50.2 Å². The Morgan fingerprint density at radius 3 is 2.96 bits per heavy atom. The van der Waals surface area contributed by atoms with E-state index in [0.29, 0.717) is 5.92 Å². The van der Waals surface area contributed by atoms with Gasteiger partial charge in [-0.25, -0.2) is 0 Å². The molecule has 0 spiro atoms. The van der Waals surface area contributed by atoms with E-state index in [4.69, 9.17) is 4.74 Å². The maximum atomic E-state index is 12.1. The average molecular weight is 329 g/mol. The summed E-state index contributed by atoms with van der Waals surface area (Å²) in [5.41, 5.74) is 1.68. The van der Waals surface area contributed by atoms with E-state index in [2.05, 4.69) is 45.5 Å². The first kappa shape index (κ1) is 17.0. The largest absolute Gasteiger partial charge is 0.369 e. The van der Waals surface area contributed by atoms with Gasteiger partial charge in [-0.3, -0.25) is 9.69 Å². The second-order valence-corrected chi connectivity index (χ2v) is 7.20. The molecule has 1 fully saturated rings. The van der Waals surface area contributed by atoms with E-state index in [1.807, 2.05) is 0 Å². The first-order chi connectivity index (χ1) is 11.5. The summed E-state index contributed by atoms with van der Waals surface area (Å²) in [6.45, 7) is 7.32. The minimum atomic E-state index is -0.761. The lowest BCUT2D eigenvalue weighted by atomic mass is 10.1. The number of carbonyl (C=O) groups excluding carboxylic acids is 1. The molecule has 2 N–H and O–H groups in total. The van der Waals surface area contributed by atoms with Gasteiger partial charge in [0.15, 0.2) is 0 Å². The number of aromatic nitrogens is 1. The van der Waals surface area contributed by atoms with Gasteiger partial charge < -0.3 is 15.0 Å². The molecule has 5 heteroatoms. The highest BCUT2D eigenvalue weighted by molar-refractivity contribution is 5.84. The van der Waals surface area contributed by atoms with Gasteiger partial charge >= 0.3 is 0 Å². The van der Waals surface area contributed by atoms with Crippen LogP contribution in [-0.4, -0.2) is 48.1 Å². The summed E-state index contributed by atoms with van der Waals surface area (Å²) in [6.07, 6.45) is 1.12. The molecule has 1 aromatic carbocycles. The van der Waals surface area contributed by atoms with Gasteiger partial charge in [0, 0.05) is 38.0 Å². The molecule has 2 heterocycles. The second kappa shape index (κ2) is 6.95. The van der Waals surface area contributed by atoms with Gasteiger partial charge in [-0.15, -0.1) is 0 Å². The normalized spacial score (nSPS) is 19.0. The van der Waals surface area contributed by atoms with E-state index >= 15 is 0 Å². The fourth-order valence-corrected chi connectivity index (χ4v) is 3.23. The molecule has 1 atom stereocenters. The summed E-state index contributed by atoms with van der Waals surface area (Å²) in [5.74, 6) is 0.463. The number of fused-ring (bicyclic) bond motifs is 1. The summed E-state index contributed by atoms with van der Waals surface area (Å²) in [4.78, 5) is 18.0. The fraction of sp³-hybridized carbons (Fsp3) is 0.526. The zero-order chi connectivity index (χ0) is 17.2. The van der Waals surface area contributed by atoms with Crippen LogP contribution in [-0.2, 0) is 16.1 Å². The van der Waals surface area contributed by atoms with E-state index in [-0.39, 0.29) is 5.91 Å². The van der Waals surface area contributed by atoms with Gasteiger partial charge in [0.2, 0.25) is 0 Å². The number of para-hydroxylation sites is 1. The molecule has 1 aromatic heterocycles. The zero-order valence-electron chi connectivity index (χ0n) is 14.8. The van der Waals surface area contributed by atoms with E-state index in [1.165, 1.54) is 16.6 Å². The number of aromatic amines is 1. The number of nitrogens with one attached hydrogen (secondary N) is 2. The van der Waals surface area contributed by atoms with E-state index < -0.39 is 5.60 Å². The molecule has 0 saturated carbocycles. The number of amides is 1.